The third-order valence-electron chi connectivity index (χ3n) is 4.73. The maximum Gasteiger partial charge on any atom is 0.225 e. The average Bonchev–Trinajstić information content (AvgIpc) is 2.84. The van der Waals surface area contributed by atoms with Crippen molar-refractivity contribution in [3.8, 4) is 5.75 Å². The van der Waals surface area contributed by atoms with Gasteiger partial charge in [0.15, 0.2) is 0 Å². The highest BCUT2D eigenvalue weighted by molar-refractivity contribution is 7.88. The maximum atomic E-state index is 12.3. The average molecular weight is 397 g/mol. The molecule has 1 saturated carbocycles. The Bertz CT molecular complexity index is 693. The SMILES string of the molecule is CC(C)Oc1ccc(NC(=O)CCN(C2CCCCCC2)S(C)(=O)=O)cc1. The minimum absolute atomic E-state index is 0.0164. The Morgan fingerprint density at radius 2 is 1.74 bits per heavy atom. The lowest BCUT2D eigenvalue weighted by Crippen LogP contribution is -2.41. The lowest BCUT2D eigenvalue weighted by molar-refractivity contribution is -0.116. The van der Waals surface area contributed by atoms with Crippen LogP contribution in [0.2, 0.25) is 0 Å². The van der Waals surface area contributed by atoms with Gasteiger partial charge in [0.25, 0.3) is 0 Å². The molecule has 0 heterocycles. The van der Waals surface area contributed by atoms with Gasteiger partial charge < -0.3 is 10.1 Å². The second-order valence-corrected chi connectivity index (χ2v) is 9.44. The first-order valence-corrected chi connectivity index (χ1v) is 11.6. The van der Waals surface area contributed by atoms with Crippen LogP contribution in [-0.4, -0.2) is 43.6 Å². The molecule has 0 atom stereocenters. The smallest absolute Gasteiger partial charge is 0.225 e. The first-order valence-electron chi connectivity index (χ1n) is 9.79. The molecular weight excluding hydrogens is 364 g/mol. The van der Waals surface area contributed by atoms with Gasteiger partial charge in [0.05, 0.1) is 12.4 Å². The maximum absolute atomic E-state index is 12.3. The van der Waals surface area contributed by atoms with E-state index in [1.54, 1.807) is 12.1 Å². The highest BCUT2D eigenvalue weighted by Crippen LogP contribution is 2.24. The zero-order valence-electron chi connectivity index (χ0n) is 16.6. The molecule has 6 nitrogen and oxygen atoms in total. The van der Waals surface area contributed by atoms with Crippen molar-refractivity contribution in [1.82, 2.24) is 4.31 Å². The van der Waals surface area contributed by atoms with Crippen LogP contribution in [0.15, 0.2) is 24.3 Å². The number of amides is 1. The van der Waals surface area contributed by atoms with Gasteiger partial charge in [-0.2, -0.15) is 4.31 Å². The van der Waals surface area contributed by atoms with Crippen LogP contribution in [0.4, 0.5) is 5.69 Å². The summed E-state index contributed by atoms with van der Waals surface area (Å²) < 4.78 is 31.5. The van der Waals surface area contributed by atoms with Gasteiger partial charge in [0, 0.05) is 24.7 Å². The molecule has 0 unspecified atom stereocenters. The minimum Gasteiger partial charge on any atom is -0.491 e. The summed E-state index contributed by atoms with van der Waals surface area (Å²) in [5.74, 6) is 0.564. The van der Waals surface area contributed by atoms with Crippen molar-refractivity contribution in [2.24, 2.45) is 0 Å². The van der Waals surface area contributed by atoms with E-state index in [0.717, 1.165) is 44.3 Å². The molecule has 7 heteroatoms. The number of nitrogens with zero attached hydrogens (tertiary/aromatic N) is 1. The fourth-order valence-corrected chi connectivity index (χ4v) is 4.66. The van der Waals surface area contributed by atoms with Crippen molar-refractivity contribution in [3.05, 3.63) is 24.3 Å². The molecule has 1 aliphatic carbocycles. The number of ether oxygens (including phenoxy) is 1. The topological polar surface area (TPSA) is 75.7 Å². The highest BCUT2D eigenvalue weighted by Gasteiger charge is 2.27. The van der Waals surface area contributed by atoms with Crippen LogP contribution in [0, 0.1) is 0 Å². The van der Waals surface area contributed by atoms with Crippen molar-refractivity contribution in [3.63, 3.8) is 0 Å². The normalized spacial score (nSPS) is 16.3. The van der Waals surface area contributed by atoms with Crippen LogP contribution < -0.4 is 10.1 Å². The summed E-state index contributed by atoms with van der Waals surface area (Å²) >= 11 is 0. The number of benzene rings is 1. The monoisotopic (exact) mass is 396 g/mol. The Morgan fingerprint density at radius 3 is 2.26 bits per heavy atom. The van der Waals surface area contributed by atoms with E-state index in [2.05, 4.69) is 5.32 Å². The summed E-state index contributed by atoms with van der Waals surface area (Å²) in [4.78, 5) is 12.3. The quantitative estimate of drug-likeness (QED) is 0.679. The summed E-state index contributed by atoms with van der Waals surface area (Å²) in [5.41, 5.74) is 0.677. The van der Waals surface area contributed by atoms with Crippen molar-refractivity contribution >= 4 is 21.6 Å². The van der Waals surface area contributed by atoms with Gasteiger partial charge in [-0.25, -0.2) is 8.42 Å². The van der Waals surface area contributed by atoms with Crippen LogP contribution in [0.3, 0.4) is 0 Å². The molecular formula is C20H32N2O4S. The number of rotatable bonds is 8. The van der Waals surface area contributed by atoms with Gasteiger partial charge in [-0.15, -0.1) is 0 Å². The Balaban J connectivity index is 1.91. The molecule has 0 spiro atoms. The van der Waals surface area contributed by atoms with Crippen LogP contribution in [0.5, 0.6) is 5.75 Å². The van der Waals surface area contributed by atoms with Gasteiger partial charge in [-0.1, -0.05) is 25.7 Å². The molecule has 1 amide bonds. The molecule has 1 N–H and O–H groups in total. The molecule has 1 aliphatic rings. The van der Waals surface area contributed by atoms with E-state index in [1.807, 2.05) is 26.0 Å². The molecule has 0 aliphatic heterocycles. The second-order valence-electron chi connectivity index (χ2n) is 7.51. The number of hydrogen-bond donors (Lipinski definition) is 1. The number of carbonyl (C=O) groups is 1. The van der Waals surface area contributed by atoms with Gasteiger partial charge in [-0.05, 0) is 51.0 Å². The largest absolute Gasteiger partial charge is 0.491 e. The third kappa shape index (κ3) is 7.50. The summed E-state index contributed by atoms with van der Waals surface area (Å²) in [7, 11) is -3.33. The number of carbonyl (C=O) groups excluding carboxylic acids is 1. The fraction of sp³-hybridized carbons (Fsp3) is 0.650. The van der Waals surface area contributed by atoms with E-state index >= 15 is 0 Å². The Kier molecular flexibility index (Phi) is 8.10. The first kappa shape index (κ1) is 21.7. The van der Waals surface area contributed by atoms with E-state index in [-0.39, 0.29) is 31.0 Å². The fourth-order valence-electron chi connectivity index (χ4n) is 3.49. The predicted molar refractivity (Wildman–Crippen MR) is 108 cm³/mol. The van der Waals surface area contributed by atoms with Crippen molar-refractivity contribution in [1.29, 1.82) is 0 Å². The molecule has 0 aromatic heterocycles. The lowest BCUT2D eigenvalue weighted by Gasteiger charge is -2.28. The molecule has 1 fully saturated rings. The number of sulfonamides is 1. The molecule has 1 aromatic carbocycles. The summed E-state index contributed by atoms with van der Waals surface area (Å²) in [5, 5.41) is 2.83. The van der Waals surface area contributed by atoms with Crippen LogP contribution in [0.25, 0.3) is 0 Å². The molecule has 152 valence electrons. The number of hydrogen-bond acceptors (Lipinski definition) is 4. The van der Waals surface area contributed by atoms with Crippen LogP contribution in [0.1, 0.15) is 58.8 Å². The Hall–Kier alpha value is -1.60. The van der Waals surface area contributed by atoms with Crippen LogP contribution >= 0.6 is 0 Å². The lowest BCUT2D eigenvalue weighted by atomic mass is 10.1. The standard InChI is InChI=1S/C20H32N2O4S/c1-16(2)26-19-12-10-17(11-13-19)21-20(23)14-15-22(27(3,24)25)18-8-6-4-5-7-9-18/h10-13,16,18H,4-9,14-15H2,1-3H3,(H,21,23). The molecule has 0 saturated heterocycles. The molecule has 0 bridgehead atoms. The predicted octanol–water partition coefficient (Wildman–Crippen LogP) is 3.79. The van der Waals surface area contributed by atoms with E-state index < -0.39 is 10.0 Å². The van der Waals surface area contributed by atoms with Gasteiger partial charge >= 0.3 is 0 Å². The Labute approximate surface area is 163 Å². The van der Waals surface area contributed by atoms with Gasteiger partial charge in [0.2, 0.25) is 15.9 Å². The van der Waals surface area contributed by atoms with Crippen molar-refractivity contribution in [2.75, 3.05) is 18.1 Å². The zero-order valence-corrected chi connectivity index (χ0v) is 17.4. The van der Waals surface area contributed by atoms with Crippen LogP contribution in [-0.2, 0) is 14.8 Å². The number of nitrogens with one attached hydrogen (secondary N) is 1. The van der Waals surface area contributed by atoms with Gasteiger partial charge in [-0.3, -0.25) is 4.79 Å². The van der Waals surface area contributed by atoms with E-state index in [1.165, 1.54) is 10.6 Å². The summed E-state index contributed by atoms with van der Waals surface area (Å²) in [6.45, 7) is 4.14. The molecule has 27 heavy (non-hydrogen) atoms. The van der Waals surface area contributed by atoms with E-state index in [0.29, 0.717) is 5.69 Å². The van der Waals surface area contributed by atoms with Crippen molar-refractivity contribution < 1.29 is 17.9 Å². The third-order valence-corrected chi connectivity index (χ3v) is 6.06. The Morgan fingerprint density at radius 1 is 1.15 bits per heavy atom. The summed E-state index contributed by atoms with van der Waals surface area (Å²) in [6.07, 6.45) is 7.66. The van der Waals surface area contributed by atoms with Gasteiger partial charge in [0.1, 0.15) is 5.75 Å². The first-order chi connectivity index (χ1) is 12.8. The zero-order chi connectivity index (χ0) is 19.9. The molecule has 2 rings (SSSR count). The van der Waals surface area contributed by atoms with Crippen molar-refractivity contribution in [2.45, 2.75) is 70.9 Å². The van der Waals surface area contributed by atoms with E-state index in [9.17, 15) is 13.2 Å². The molecule has 0 radical (unpaired) electrons. The summed E-state index contributed by atoms with van der Waals surface area (Å²) in [6, 6.07) is 7.21. The minimum atomic E-state index is -3.33. The molecule has 1 aromatic rings. The number of anilines is 1. The van der Waals surface area contributed by atoms with E-state index in [4.69, 9.17) is 4.74 Å². The highest BCUT2D eigenvalue weighted by atomic mass is 32.2. The second kappa shape index (κ2) is 10.1.